The van der Waals surface area contributed by atoms with Gasteiger partial charge in [0.2, 0.25) is 5.91 Å². The van der Waals surface area contributed by atoms with Gasteiger partial charge in [0, 0.05) is 32.1 Å². The highest BCUT2D eigenvalue weighted by Gasteiger charge is 2.33. The monoisotopic (exact) mass is 278 g/mol. The summed E-state index contributed by atoms with van der Waals surface area (Å²) >= 11 is 0. The molecule has 0 aromatic carbocycles. The Morgan fingerprint density at radius 1 is 1.00 bits per heavy atom. The van der Waals surface area contributed by atoms with Crippen LogP contribution in [-0.4, -0.2) is 54.6 Å². The van der Waals surface area contributed by atoms with Gasteiger partial charge in [0.25, 0.3) is 0 Å². The van der Waals surface area contributed by atoms with E-state index in [2.05, 4.69) is 0 Å². The van der Waals surface area contributed by atoms with Gasteiger partial charge in [-0.05, 0) is 19.3 Å². The summed E-state index contributed by atoms with van der Waals surface area (Å²) in [5.41, 5.74) is 0. The SMILES string of the molecule is O=C(C1CCCC1)N1CCCN(CC(F)(F)F)CC1. The molecular weight excluding hydrogens is 257 g/mol. The molecule has 1 saturated carbocycles. The van der Waals surface area contributed by atoms with Crippen LogP contribution in [0.25, 0.3) is 0 Å². The van der Waals surface area contributed by atoms with Gasteiger partial charge in [0.15, 0.2) is 0 Å². The first kappa shape index (κ1) is 14.6. The fraction of sp³-hybridized carbons (Fsp3) is 0.923. The quantitative estimate of drug-likeness (QED) is 0.773. The van der Waals surface area contributed by atoms with Crippen LogP contribution < -0.4 is 0 Å². The molecule has 0 aromatic rings. The Morgan fingerprint density at radius 2 is 1.68 bits per heavy atom. The highest BCUT2D eigenvalue weighted by atomic mass is 19.4. The summed E-state index contributed by atoms with van der Waals surface area (Å²) in [6, 6.07) is 0. The molecule has 0 unspecified atom stereocenters. The van der Waals surface area contributed by atoms with Crippen molar-refractivity contribution in [2.24, 2.45) is 5.92 Å². The van der Waals surface area contributed by atoms with E-state index in [4.69, 9.17) is 0 Å². The zero-order valence-electron chi connectivity index (χ0n) is 11.1. The van der Waals surface area contributed by atoms with E-state index in [1.54, 1.807) is 4.90 Å². The molecule has 0 spiro atoms. The second kappa shape index (κ2) is 6.11. The van der Waals surface area contributed by atoms with Gasteiger partial charge in [-0.1, -0.05) is 12.8 Å². The van der Waals surface area contributed by atoms with Gasteiger partial charge in [-0.25, -0.2) is 0 Å². The number of amides is 1. The third kappa shape index (κ3) is 4.37. The summed E-state index contributed by atoms with van der Waals surface area (Å²) < 4.78 is 37.1. The van der Waals surface area contributed by atoms with Crippen molar-refractivity contribution in [3.05, 3.63) is 0 Å². The number of nitrogens with zero attached hydrogens (tertiary/aromatic N) is 2. The number of hydrogen-bond donors (Lipinski definition) is 0. The molecule has 1 aliphatic carbocycles. The van der Waals surface area contributed by atoms with Crippen LogP contribution in [0.3, 0.4) is 0 Å². The zero-order valence-corrected chi connectivity index (χ0v) is 11.1. The predicted octanol–water partition coefficient (Wildman–Crippen LogP) is 2.27. The molecule has 1 saturated heterocycles. The minimum Gasteiger partial charge on any atom is -0.341 e. The zero-order chi connectivity index (χ0) is 13.9. The van der Waals surface area contributed by atoms with E-state index in [0.717, 1.165) is 25.7 Å². The van der Waals surface area contributed by atoms with Crippen molar-refractivity contribution in [3.8, 4) is 0 Å². The Morgan fingerprint density at radius 3 is 2.32 bits per heavy atom. The van der Waals surface area contributed by atoms with E-state index in [-0.39, 0.29) is 11.8 Å². The van der Waals surface area contributed by atoms with Crippen LogP contribution >= 0.6 is 0 Å². The highest BCUT2D eigenvalue weighted by molar-refractivity contribution is 5.79. The van der Waals surface area contributed by atoms with Crippen LogP contribution in [0.5, 0.6) is 0 Å². The molecule has 0 radical (unpaired) electrons. The molecule has 1 heterocycles. The molecule has 3 nitrogen and oxygen atoms in total. The number of alkyl halides is 3. The maximum atomic E-state index is 12.4. The molecule has 110 valence electrons. The molecule has 0 N–H and O–H groups in total. The minimum atomic E-state index is -4.15. The number of halogens is 3. The standard InChI is InChI=1S/C13H21F3N2O/c14-13(15,16)10-17-6-3-7-18(9-8-17)12(19)11-4-1-2-5-11/h11H,1-10H2. The molecule has 0 bridgehead atoms. The molecule has 0 aromatic heterocycles. The van der Waals surface area contributed by atoms with Crippen molar-refractivity contribution >= 4 is 5.91 Å². The van der Waals surface area contributed by atoms with Crippen molar-refractivity contribution in [1.82, 2.24) is 9.80 Å². The maximum Gasteiger partial charge on any atom is 0.401 e. The first-order chi connectivity index (χ1) is 8.96. The molecule has 1 aliphatic heterocycles. The van der Waals surface area contributed by atoms with Crippen molar-refractivity contribution < 1.29 is 18.0 Å². The summed E-state index contributed by atoms with van der Waals surface area (Å²) in [6.07, 6.45) is 0.581. The second-order valence-corrected chi connectivity index (χ2v) is 5.55. The Kier molecular flexibility index (Phi) is 4.71. The lowest BCUT2D eigenvalue weighted by atomic mass is 10.1. The molecule has 2 fully saturated rings. The number of rotatable bonds is 2. The van der Waals surface area contributed by atoms with E-state index in [0.29, 0.717) is 32.6 Å². The van der Waals surface area contributed by atoms with Crippen molar-refractivity contribution in [3.63, 3.8) is 0 Å². The van der Waals surface area contributed by atoms with E-state index in [1.165, 1.54) is 4.90 Å². The Labute approximate surface area is 111 Å². The largest absolute Gasteiger partial charge is 0.401 e. The summed E-state index contributed by atoms with van der Waals surface area (Å²) in [5, 5.41) is 0. The average molecular weight is 278 g/mol. The number of carbonyl (C=O) groups excluding carboxylic acids is 1. The van der Waals surface area contributed by atoms with Crippen molar-refractivity contribution in [2.75, 3.05) is 32.7 Å². The molecule has 1 amide bonds. The molecular formula is C13H21F3N2O. The molecule has 2 aliphatic rings. The maximum absolute atomic E-state index is 12.4. The van der Waals surface area contributed by atoms with Gasteiger partial charge >= 0.3 is 6.18 Å². The molecule has 2 rings (SSSR count). The van der Waals surface area contributed by atoms with Crippen LogP contribution in [0.15, 0.2) is 0 Å². The first-order valence-electron chi connectivity index (χ1n) is 7.03. The number of hydrogen-bond acceptors (Lipinski definition) is 2. The van der Waals surface area contributed by atoms with Gasteiger partial charge in [0.05, 0.1) is 6.54 Å². The lowest BCUT2D eigenvalue weighted by molar-refractivity contribution is -0.145. The van der Waals surface area contributed by atoms with Gasteiger partial charge in [0.1, 0.15) is 0 Å². The Hall–Kier alpha value is -0.780. The van der Waals surface area contributed by atoms with E-state index < -0.39 is 12.7 Å². The summed E-state index contributed by atoms with van der Waals surface area (Å²) in [4.78, 5) is 15.4. The molecule has 0 atom stereocenters. The van der Waals surface area contributed by atoms with E-state index >= 15 is 0 Å². The van der Waals surface area contributed by atoms with Crippen molar-refractivity contribution in [2.45, 2.75) is 38.3 Å². The smallest absolute Gasteiger partial charge is 0.341 e. The van der Waals surface area contributed by atoms with Crippen LogP contribution in [-0.2, 0) is 4.79 Å². The third-order valence-corrected chi connectivity index (χ3v) is 4.01. The summed E-state index contributed by atoms with van der Waals surface area (Å²) in [5.74, 6) is 0.278. The molecule has 19 heavy (non-hydrogen) atoms. The normalized spacial score (nSPS) is 23.6. The lowest BCUT2D eigenvalue weighted by Gasteiger charge is -2.24. The van der Waals surface area contributed by atoms with Crippen LogP contribution in [0.4, 0.5) is 13.2 Å². The van der Waals surface area contributed by atoms with Gasteiger partial charge in [-0.15, -0.1) is 0 Å². The second-order valence-electron chi connectivity index (χ2n) is 5.55. The van der Waals surface area contributed by atoms with Gasteiger partial charge in [-0.3, -0.25) is 9.69 Å². The number of carbonyl (C=O) groups is 1. The third-order valence-electron chi connectivity index (χ3n) is 4.01. The topological polar surface area (TPSA) is 23.6 Å². The Bertz CT molecular complexity index is 314. The van der Waals surface area contributed by atoms with Crippen LogP contribution in [0.1, 0.15) is 32.1 Å². The average Bonchev–Trinajstić information content (AvgIpc) is 2.75. The fourth-order valence-electron chi connectivity index (χ4n) is 3.03. The minimum absolute atomic E-state index is 0.120. The van der Waals surface area contributed by atoms with E-state index in [9.17, 15) is 18.0 Å². The molecule has 6 heteroatoms. The summed E-state index contributed by atoms with van der Waals surface area (Å²) in [6.45, 7) is 0.930. The van der Waals surface area contributed by atoms with E-state index in [1.807, 2.05) is 0 Å². The summed E-state index contributed by atoms with van der Waals surface area (Å²) in [7, 11) is 0. The highest BCUT2D eigenvalue weighted by Crippen LogP contribution is 2.27. The van der Waals surface area contributed by atoms with Gasteiger partial charge < -0.3 is 4.90 Å². The van der Waals surface area contributed by atoms with Crippen LogP contribution in [0.2, 0.25) is 0 Å². The van der Waals surface area contributed by atoms with Crippen molar-refractivity contribution in [1.29, 1.82) is 0 Å². The van der Waals surface area contributed by atoms with Gasteiger partial charge in [-0.2, -0.15) is 13.2 Å². The van der Waals surface area contributed by atoms with Crippen LogP contribution in [0, 0.1) is 5.92 Å². The lowest BCUT2D eigenvalue weighted by Crippen LogP contribution is -2.40. The first-order valence-corrected chi connectivity index (χ1v) is 7.03. The predicted molar refractivity (Wildman–Crippen MR) is 65.7 cm³/mol. The fourth-order valence-corrected chi connectivity index (χ4v) is 3.03. The Balaban J connectivity index is 1.84.